The zero-order valence-electron chi connectivity index (χ0n) is 15.4. The molecule has 0 saturated heterocycles. The topological polar surface area (TPSA) is 59.4 Å². The van der Waals surface area contributed by atoms with E-state index in [0.717, 1.165) is 11.6 Å². The molecule has 2 aromatic carbocycles. The van der Waals surface area contributed by atoms with E-state index in [2.05, 4.69) is 4.98 Å². The van der Waals surface area contributed by atoms with Gasteiger partial charge in [0.2, 0.25) is 0 Å². The lowest BCUT2D eigenvalue weighted by molar-refractivity contribution is -0.141. The van der Waals surface area contributed by atoms with E-state index in [9.17, 15) is 23.1 Å². The Morgan fingerprint density at radius 1 is 1.17 bits per heavy atom. The minimum atomic E-state index is -4.59. The molecule has 0 spiro atoms. The third-order valence-corrected chi connectivity index (χ3v) is 4.92. The number of carbonyl (C=O) groups is 1. The first-order chi connectivity index (χ1) is 13.8. The van der Waals surface area contributed by atoms with Crippen molar-refractivity contribution in [1.29, 1.82) is 0 Å². The number of hydrogen-bond acceptors (Lipinski definition) is 3. The van der Waals surface area contributed by atoms with Crippen molar-refractivity contribution >= 4 is 5.97 Å². The lowest BCUT2D eigenvalue weighted by Crippen LogP contribution is -2.14. The number of halogens is 3. The normalized spacial score (nSPS) is 12.7. The van der Waals surface area contributed by atoms with Crippen LogP contribution in [0.5, 0.6) is 11.5 Å². The molecule has 4 nitrogen and oxygen atoms in total. The molecule has 0 bridgehead atoms. The molecule has 4 rings (SSSR count). The van der Waals surface area contributed by atoms with Gasteiger partial charge in [-0.2, -0.15) is 13.2 Å². The lowest BCUT2D eigenvalue weighted by Gasteiger charge is -2.25. The molecule has 0 fully saturated rings. The van der Waals surface area contributed by atoms with Gasteiger partial charge in [0.1, 0.15) is 17.2 Å². The summed E-state index contributed by atoms with van der Waals surface area (Å²) in [7, 11) is 0. The number of pyridine rings is 1. The van der Waals surface area contributed by atoms with Crippen LogP contribution in [0.15, 0.2) is 48.5 Å². The minimum absolute atomic E-state index is 0.0853. The Morgan fingerprint density at radius 2 is 1.93 bits per heavy atom. The largest absolute Gasteiger partial charge is 0.478 e. The second-order valence-corrected chi connectivity index (χ2v) is 6.72. The summed E-state index contributed by atoms with van der Waals surface area (Å²) in [5.74, 6) is -0.302. The number of rotatable bonds is 3. The van der Waals surface area contributed by atoms with Crippen LogP contribution >= 0.6 is 0 Å². The molecule has 1 aromatic heterocycles. The number of carboxylic acid groups (broad SMARTS) is 1. The molecule has 3 aromatic rings. The van der Waals surface area contributed by atoms with Gasteiger partial charge in [0, 0.05) is 17.5 Å². The zero-order chi connectivity index (χ0) is 20.8. The van der Waals surface area contributed by atoms with Crippen molar-refractivity contribution in [2.75, 3.05) is 0 Å². The number of nitrogens with zero attached hydrogens (tertiary/aromatic N) is 1. The second kappa shape index (κ2) is 6.92. The molecule has 0 saturated carbocycles. The first-order valence-electron chi connectivity index (χ1n) is 9.02. The minimum Gasteiger partial charge on any atom is -0.478 e. The molecule has 0 radical (unpaired) electrons. The molecule has 29 heavy (non-hydrogen) atoms. The highest BCUT2D eigenvalue weighted by molar-refractivity contribution is 5.95. The van der Waals surface area contributed by atoms with Crippen molar-refractivity contribution in [3.63, 3.8) is 0 Å². The summed E-state index contributed by atoms with van der Waals surface area (Å²) in [6.07, 6.45) is -3.87. The van der Waals surface area contributed by atoms with Gasteiger partial charge in [-0.1, -0.05) is 31.2 Å². The maximum Gasteiger partial charge on any atom is 0.433 e. The molecule has 1 aliphatic heterocycles. The highest BCUT2D eigenvalue weighted by atomic mass is 19.4. The van der Waals surface area contributed by atoms with E-state index < -0.39 is 17.8 Å². The van der Waals surface area contributed by atoms with Gasteiger partial charge in [-0.3, -0.25) is 0 Å². The molecule has 7 heteroatoms. The second-order valence-electron chi connectivity index (χ2n) is 6.72. The summed E-state index contributed by atoms with van der Waals surface area (Å²) in [6, 6.07) is 12.4. The van der Waals surface area contributed by atoms with E-state index in [1.807, 2.05) is 12.1 Å². The number of hydrogen-bond donors (Lipinski definition) is 1. The van der Waals surface area contributed by atoms with Gasteiger partial charge in [0.25, 0.3) is 0 Å². The van der Waals surface area contributed by atoms with Crippen LogP contribution in [0, 0.1) is 0 Å². The zero-order valence-corrected chi connectivity index (χ0v) is 15.4. The van der Waals surface area contributed by atoms with Crippen LogP contribution in [0.3, 0.4) is 0 Å². The van der Waals surface area contributed by atoms with Crippen molar-refractivity contribution < 1.29 is 27.8 Å². The van der Waals surface area contributed by atoms with Gasteiger partial charge in [-0.15, -0.1) is 0 Å². The van der Waals surface area contributed by atoms with Gasteiger partial charge in [-0.25, -0.2) is 9.78 Å². The highest BCUT2D eigenvalue weighted by Crippen LogP contribution is 2.45. The van der Waals surface area contributed by atoms with Crippen LogP contribution in [0.25, 0.3) is 11.3 Å². The van der Waals surface area contributed by atoms with Crippen LogP contribution in [0.2, 0.25) is 0 Å². The molecule has 148 valence electrons. The molecular formula is C22H16F3NO3. The fourth-order valence-corrected chi connectivity index (χ4v) is 3.60. The Balaban J connectivity index is 1.98. The first-order valence-corrected chi connectivity index (χ1v) is 9.02. The van der Waals surface area contributed by atoms with Crippen molar-refractivity contribution in [3.05, 3.63) is 76.5 Å². The average molecular weight is 399 g/mol. The lowest BCUT2D eigenvalue weighted by atomic mass is 9.88. The highest BCUT2D eigenvalue weighted by Gasteiger charge is 2.34. The monoisotopic (exact) mass is 399 g/mol. The van der Waals surface area contributed by atoms with Gasteiger partial charge >= 0.3 is 12.1 Å². The summed E-state index contributed by atoms with van der Waals surface area (Å²) in [6.45, 7) is 1.80. The predicted octanol–water partition coefficient (Wildman–Crippen LogP) is 5.72. The summed E-state index contributed by atoms with van der Waals surface area (Å²) >= 11 is 0. The average Bonchev–Trinajstić information content (AvgIpc) is 2.70. The summed E-state index contributed by atoms with van der Waals surface area (Å²) in [5.41, 5.74) is 1.34. The van der Waals surface area contributed by atoms with Gasteiger partial charge in [0.05, 0.1) is 11.3 Å². The fraction of sp³-hybridized carbons (Fsp3) is 0.182. The van der Waals surface area contributed by atoms with Crippen LogP contribution < -0.4 is 4.74 Å². The van der Waals surface area contributed by atoms with Crippen molar-refractivity contribution in [1.82, 2.24) is 4.98 Å². The number of alkyl halides is 3. The quantitative estimate of drug-likeness (QED) is 0.478. The van der Waals surface area contributed by atoms with Gasteiger partial charge < -0.3 is 9.84 Å². The number of aromatic nitrogens is 1. The number of ether oxygens (including phenoxy) is 1. The summed E-state index contributed by atoms with van der Waals surface area (Å²) in [4.78, 5) is 15.8. The molecule has 1 N–H and O–H groups in total. The van der Waals surface area contributed by atoms with Gasteiger partial charge in [-0.05, 0) is 41.8 Å². The number of fused-ring (bicyclic) bond motifs is 2. The van der Waals surface area contributed by atoms with E-state index in [0.29, 0.717) is 35.3 Å². The smallest absolute Gasteiger partial charge is 0.433 e. The predicted molar refractivity (Wildman–Crippen MR) is 100 cm³/mol. The van der Waals surface area contributed by atoms with Crippen molar-refractivity contribution in [3.8, 4) is 22.8 Å². The molecule has 1 aliphatic rings. The Kier molecular flexibility index (Phi) is 4.53. The molecule has 2 heterocycles. The number of aryl methyl sites for hydroxylation is 1. The van der Waals surface area contributed by atoms with Crippen molar-refractivity contribution in [2.45, 2.75) is 25.9 Å². The van der Waals surface area contributed by atoms with Crippen LogP contribution in [-0.4, -0.2) is 16.1 Å². The molecule has 0 amide bonds. The molecule has 0 aliphatic carbocycles. The van der Waals surface area contributed by atoms with Crippen LogP contribution in [0.4, 0.5) is 13.2 Å². The third kappa shape index (κ3) is 3.33. The maximum absolute atomic E-state index is 13.2. The number of carboxylic acids is 1. The Labute approximate surface area is 164 Å². The fourth-order valence-electron chi connectivity index (χ4n) is 3.60. The van der Waals surface area contributed by atoms with E-state index in [1.165, 1.54) is 12.1 Å². The van der Waals surface area contributed by atoms with E-state index in [-0.39, 0.29) is 17.0 Å². The summed E-state index contributed by atoms with van der Waals surface area (Å²) in [5, 5.41) is 9.79. The Bertz CT molecular complexity index is 1120. The summed E-state index contributed by atoms with van der Waals surface area (Å²) < 4.78 is 45.5. The molecule has 0 atom stereocenters. The Hall–Kier alpha value is -3.35. The molecule has 0 unspecified atom stereocenters. The van der Waals surface area contributed by atoms with E-state index in [4.69, 9.17) is 4.74 Å². The van der Waals surface area contributed by atoms with E-state index >= 15 is 0 Å². The maximum atomic E-state index is 13.2. The van der Waals surface area contributed by atoms with Crippen LogP contribution in [-0.2, 0) is 19.0 Å². The van der Waals surface area contributed by atoms with Crippen molar-refractivity contribution in [2.24, 2.45) is 0 Å². The van der Waals surface area contributed by atoms with E-state index in [1.54, 1.807) is 25.1 Å². The van der Waals surface area contributed by atoms with Gasteiger partial charge in [0.15, 0.2) is 0 Å². The SMILES string of the molecule is CCc1cc(-c2cccc(C(F)(F)F)n2)c2c(c1C(=O)O)Cc1ccccc1O2. The third-order valence-electron chi connectivity index (χ3n) is 4.92. The standard InChI is InChI=1S/C22H16F3NO3/c1-2-12-10-14(16-7-5-9-18(26-16)22(23,24)25)20-15(19(12)21(27)28)11-13-6-3-4-8-17(13)29-20/h3-10H,2,11H2,1H3,(H,27,28). The number of benzene rings is 2. The van der Waals surface area contributed by atoms with Crippen LogP contribution in [0.1, 0.15) is 39.7 Å². The number of para-hydroxylation sites is 1. The Morgan fingerprint density at radius 3 is 2.62 bits per heavy atom. The molecular weight excluding hydrogens is 383 g/mol. The number of aromatic carboxylic acids is 1. The first kappa shape index (κ1) is 19.0.